The van der Waals surface area contributed by atoms with Crippen molar-refractivity contribution in [2.45, 2.75) is 25.3 Å². The zero-order chi connectivity index (χ0) is 12.2. The molecular formula is C8H18N2O4S2. The summed E-state index contributed by atoms with van der Waals surface area (Å²) in [6.07, 6.45) is 1.68. The highest BCUT2D eigenvalue weighted by atomic mass is 32.2. The van der Waals surface area contributed by atoms with Crippen molar-refractivity contribution in [1.82, 2.24) is 5.32 Å². The lowest BCUT2D eigenvalue weighted by Crippen LogP contribution is -2.38. The van der Waals surface area contributed by atoms with Crippen molar-refractivity contribution in [3.05, 3.63) is 0 Å². The molecule has 16 heavy (non-hydrogen) atoms. The van der Waals surface area contributed by atoms with E-state index in [1.807, 2.05) is 0 Å². The summed E-state index contributed by atoms with van der Waals surface area (Å²) in [7, 11) is -6.21. The lowest BCUT2D eigenvalue weighted by molar-refractivity contribution is 0.463. The van der Waals surface area contributed by atoms with Crippen molar-refractivity contribution < 1.29 is 16.8 Å². The summed E-state index contributed by atoms with van der Waals surface area (Å²) in [6.45, 7) is 0.557. The van der Waals surface area contributed by atoms with Crippen LogP contribution >= 0.6 is 0 Å². The molecule has 0 aromatic rings. The van der Waals surface area contributed by atoms with Gasteiger partial charge in [0.2, 0.25) is 10.0 Å². The predicted molar refractivity (Wildman–Crippen MR) is 62.3 cm³/mol. The average molecular weight is 270 g/mol. The molecule has 3 N–H and O–H groups in total. The number of hydrogen-bond donors (Lipinski definition) is 2. The third-order valence-electron chi connectivity index (χ3n) is 2.59. The van der Waals surface area contributed by atoms with E-state index < -0.39 is 19.9 Å². The van der Waals surface area contributed by atoms with Crippen LogP contribution in [0.15, 0.2) is 0 Å². The fraction of sp³-hybridized carbons (Fsp3) is 1.00. The number of rotatable bonds is 5. The van der Waals surface area contributed by atoms with Crippen LogP contribution in [0.5, 0.6) is 0 Å². The van der Waals surface area contributed by atoms with Gasteiger partial charge in [-0.15, -0.1) is 0 Å². The van der Waals surface area contributed by atoms with Gasteiger partial charge in [0.05, 0.1) is 17.3 Å². The van der Waals surface area contributed by atoms with Crippen LogP contribution in [0.4, 0.5) is 0 Å². The number of primary sulfonamides is 1. The molecule has 0 radical (unpaired) electrons. The molecule has 1 aliphatic rings. The first-order valence-electron chi connectivity index (χ1n) is 5.23. The lowest BCUT2D eigenvalue weighted by Gasteiger charge is -2.22. The summed E-state index contributed by atoms with van der Waals surface area (Å²) in [5.74, 6) is 0.407. The van der Waals surface area contributed by atoms with Crippen LogP contribution in [0.2, 0.25) is 0 Å². The highest BCUT2D eigenvalue weighted by molar-refractivity contribution is 7.91. The molecule has 1 rings (SSSR count). The van der Waals surface area contributed by atoms with Crippen LogP contribution in [-0.2, 0) is 19.9 Å². The molecule has 0 atom stereocenters. The van der Waals surface area contributed by atoms with Gasteiger partial charge >= 0.3 is 0 Å². The standard InChI is InChI=1S/C8H18N2O4S2/c9-16(13,14)5-1-4-10-8-2-6-15(11,12)7-3-8/h8,10H,1-7H2,(H2,9,13,14). The summed E-state index contributed by atoms with van der Waals surface area (Å²) in [5, 5.41) is 8.00. The minimum absolute atomic E-state index is 0.0367. The van der Waals surface area contributed by atoms with E-state index in [0.29, 0.717) is 25.8 Å². The number of sulfone groups is 1. The maximum Gasteiger partial charge on any atom is 0.209 e. The van der Waals surface area contributed by atoms with E-state index in [1.165, 1.54) is 0 Å². The van der Waals surface area contributed by atoms with Gasteiger partial charge in [-0.3, -0.25) is 0 Å². The Morgan fingerprint density at radius 3 is 2.31 bits per heavy atom. The monoisotopic (exact) mass is 270 g/mol. The van der Waals surface area contributed by atoms with Crippen LogP contribution in [-0.4, -0.2) is 46.7 Å². The van der Waals surface area contributed by atoms with Gasteiger partial charge in [-0.05, 0) is 25.8 Å². The molecule has 1 aliphatic heterocycles. The lowest BCUT2D eigenvalue weighted by atomic mass is 10.1. The molecule has 0 spiro atoms. The predicted octanol–water partition coefficient (Wildman–Crippen LogP) is -1.17. The molecule has 96 valence electrons. The van der Waals surface area contributed by atoms with E-state index in [-0.39, 0.29) is 23.3 Å². The largest absolute Gasteiger partial charge is 0.314 e. The Morgan fingerprint density at radius 1 is 1.25 bits per heavy atom. The number of nitrogens with two attached hydrogens (primary N) is 1. The van der Waals surface area contributed by atoms with Gasteiger partial charge in [-0.2, -0.15) is 0 Å². The first-order valence-corrected chi connectivity index (χ1v) is 8.76. The van der Waals surface area contributed by atoms with E-state index in [1.54, 1.807) is 0 Å². The van der Waals surface area contributed by atoms with E-state index in [2.05, 4.69) is 5.32 Å². The fourth-order valence-corrected chi connectivity index (χ4v) is 3.71. The Morgan fingerprint density at radius 2 is 1.81 bits per heavy atom. The molecule has 0 aromatic carbocycles. The van der Waals surface area contributed by atoms with Crippen LogP contribution in [0.3, 0.4) is 0 Å². The van der Waals surface area contributed by atoms with Crippen LogP contribution in [0, 0.1) is 0 Å². The SMILES string of the molecule is NS(=O)(=O)CCCNC1CCS(=O)(=O)CC1. The van der Waals surface area contributed by atoms with Gasteiger partial charge < -0.3 is 5.32 Å². The van der Waals surface area contributed by atoms with Crippen molar-refractivity contribution in [1.29, 1.82) is 0 Å². The van der Waals surface area contributed by atoms with Gasteiger partial charge in [0, 0.05) is 6.04 Å². The van der Waals surface area contributed by atoms with Crippen LogP contribution in [0.25, 0.3) is 0 Å². The smallest absolute Gasteiger partial charge is 0.209 e. The highest BCUT2D eigenvalue weighted by Crippen LogP contribution is 2.11. The average Bonchev–Trinajstić information content (AvgIpc) is 2.13. The summed E-state index contributed by atoms with van der Waals surface area (Å²) in [5.41, 5.74) is 0. The molecule has 0 unspecified atom stereocenters. The number of nitrogens with one attached hydrogen (secondary N) is 1. The van der Waals surface area contributed by atoms with Crippen LogP contribution in [0.1, 0.15) is 19.3 Å². The summed E-state index contributed by atoms with van der Waals surface area (Å²) in [6, 6.07) is 0.184. The first kappa shape index (κ1) is 13.9. The zero-order valence-corrected chi connectivity index (χ0v) is 10.7. The second-order valence-corrected chi connectivity index (χ2v) is 8.14. The van der Waals surface area contributed by atoms with Crippen LogP contribution < -0.4 is 10.5 Å². The molecule has 1 saturated heterocycles. The van der Waals surface area contributed by atoms with Crippen molar-refractivity contribution >= 4 is 19.9 Å². The minimum atomic E-state index is -3.38. The van der Waals surface area contributed by atoms with Crippen molar-refractivity contribution in [3.8, 4) is 0 Å². The second kappa shape index (κ2) is 5.44. The molecule has 0 aromatic heterocycles. The molecule has 0 saturated carbocycles. The minimum Gasteiger partial charge on any atom is -0.314 e. The van der Waals surface area contributed by atoms with E-state index in [4.69, 9.17) is 5.14 Å². The molecule has 0 amide bonds. The Bertz CT molecular complexity index is 401. The molecule has 0 bridgehead atoms. The summed E-state index contributed by atoms with van der Waals surface area (Å²) < 4.78 is 43.5. The van der Waals surface area contributed by atoms with Crippen molar-refractivity contribution in [2.75, 3.05) is 23.8 Å². The fourth-order valence-electron chi connectivity index (χ4n) is 1.67. The molecule has 6 nitrogen and oxygen atoms in total. The molecular weight excluding hydrogens is 252 g/mol. The summed E-state index contributed by atoms with van der Waals surface area (Å²) in [4.78, 5) is 0. The Balaban J connectivity index is 2.16. The highest BCUT2D eigenvalue weighted by Gasteiger charge is 2.22. The van der Waals surface area contributed by atoms with E-state index in [0.717, 1.165) is 0 Å². The van der Waals surface area contributed by atoms with Gasteiger partial charge in [0.25, 0.3) is 0 Å². The number of hydrogen-bond acceptors (Lipinski definition) is 5. The zero-order valence-electron chi connectivity index (χ0n) is 9.05. The van der Waals surface area contributed by atoms with Gasteiger partial charge in [-0.1, -0.05) is 0 Å². The molecule has 0 aliphatic carbocycles. The van der Waals surface area contributed by atoms with Gasteiger partial charge in [-0.25, -0.2) is 22.0 Å². The molecule has 1 fully saturated rings. The normalized spacial score (nSPS) is 22.1. The Kier molecular flexibility index (Phi) is 4.72. The van der Waals surface area contributed by atoms with Crippen molar-refractivity contribution in [2.24, 2.45) is 5.14 Å². The maximum atomic E-state index is 11.1. The Labute approximate surface area is 96.6 Å². The van der Waals surface area contributed by atoms with E-state index >= 15 is 0 Å². The van der Waals surface area contributed by atoms with Gasteiger partial charge in [0.1, 0.15) is 9.84 Å². The third kappa shape index (κ3) is 5.78. The van der Waals surface area contributed by atoms with Crippen molar-refractivity contribution in [3.63, 3.8) is 0 Å². The number of sulfonamides is 1. The van der Waals surface area contributed by atoms with Gasteiger partial charge in [0.15, 0.2) is 0 Å². The van der Waals surface area contributed by atoms with E-state index in [9.17, 15) is 16.8 Å². The first-order chi connectivity index (χ1) is 7.29. The molecule has 1 heterocycles. The maximum absolute atomic E-state index is 11.1. The molecule has 8 heteroatoms. The second-order valence-electron chi connectivity index (χ2n) is 4.10. The summed E-state index contributed by atoms with van der Waals surface area (Å²) >= 11 is 0. The quantitative estimate of drug-likeness (QED) is 0.612. The third-order valence-corrected chi connectivity index (χ3v) is 5.17. The Hall–Kier alpha value is -0.180. The topological polar surface area (TPSA) is 106 Å².